The van der Waals surface area contributed by atoms with Crippen LogP contribution in [-0.2, 0) is 21.8 Å². The zero-order valence-corrected chi connectivity index (χ0v) is 20.5. The maximum Gasteiger partial charge on any atom is 0.339 e. The number of likely N-dealkylation sites (N-methyl/N-ethyl adjacent to an activating group) is 1. The first-order chi connectivity index (χ1) is 16.9. The number of rotatable bonds is 9. The number of hydrogen-bond acceptors (Lipinski definition) is 8. The molecule has 0 saturated carbocycles. The minimum Gasteiger partial charge on any atom is -0.497 e. The quantitative estimate of drug-likeness (QED) is 0.247. The van der Waals surface area contributed by atoms with Gasteiger partial charge in [-0.25, -0.2) is 4.79 Å². The molecule has 0 N–H and O–H groups in total. The Morgan fingerprint density at radius 1 is 1.06 bits per heavy atom. The number of fused-ring (bicyclic) bond motifs is 1. The normalized spacial score (nSPS) is 10.8. The predicted molar refractivity (Wildman–Crippen MR) is 132 cm³/mol. The molecule has 9 heteroatoms. The van der Waals surface area contributed by atoms with Gasteiger partial charge in [-0.3, -0.25) is 4.79 Å². The first-order valence-electron chi connectivity index (χ1n) is 10.9. The smallest absolute Gasteiger partial charge is 0.339 e. The molecule has 0 spiro atoms. The van der Waals surface area contributed by atoms with Crippen molar-refractivity contribution in [2.24, 2.45) is 0 Å². The molecule has 0 bridgehead atoms. The summed E-state index contributed by atoms with van der Waals surface area (Å²) in [7, 11) is 3.32. The maximum atomic E-state index is 12.7. The zero-order chi connectivity index (χ0) is 24.8. The van der Waals surface area contributed by atoms with Crippen LogP contribution >= 0.6 is 11.8 Å². The van der Waals surface area contributed by atoms with Gasteiger partial charge in [-0.15, -0.1) is 11.8 Å². The van der Waals surface area contributed by atoms with Crippen LogP contribution in [0.5, 0.6) is 5.75 Å². The molecule has 0 radical (unpaired) electrons. The highest BCUT2D eigenvalue weighted by atomic mass is 32.2. The molecule has 3 aromatic carbocycles. The average Bonchev–Trinajstić information content (AvgIpc) is 3.30. The second-order valence-corrected chi connectivity index (χ2v) is 8.91. The Bertz CT molecular complexity index is 1350. The predicted octanol–water partition coefficient (Wildman–Crippen LogP) is 4.65. The average molecular weight is 492 g/mol. The van der Waals surface area contributed by atoms with Crippen LogP contribution in [-0.4, -0.2) is 47.7 Å². The fourth-order valence-corrected chi connectivity index (χ4v) is 4.35. The lowest BCUT2D eigenvalue weighted by atomic mass is 10.1. The van der Waals surface area contributed by atoms with Gasteiger partial charge in [-0.2, -0.15) is 4.98 Å². The maximum absolute atomic E-state index is 12.7. The molecule has 0 atom stereocenters. The van der Waals surface area contributed by atoms with E-state index in [0.29, 0.717) is 34.5 Å². The summed E-state index contributed by atoms with van der Waals surface area (Å²) in [5.74, 6) is 1.39. The van der Waals surface area contributed by atoms with Crippen LogP contribution in [0.1, 0.15) is 27.6 Å². The summed E-state index contributed by atoms with van der Waals surface area (Å²) >= 11 is 1.39. The Labute approximate surface area is 207 Å². The van der Waals surface area contributed by atoms with Gasteiger partial charge in [-0.1, -0.05) is 35.5 Å². The third-order valence-corrected chi connectivity index (χ3v) is 6.37. The van der Waals surface area contributed by atoms with Gasteiger partial charge < -0.3 is 18.9 Å². The van der Waals surface area contributed by atoms with E-state index in [0.717, 1.165) is 22.1 Å². The summed E-state index contributed by atoms with van der Waals surface area (Å²) in [5.41, 5.74) is 1.36. The first-order valence-corrected chi connectivity index (χ1v) is 11.9. The highest BCUT2D eigenvalue weighted by molar-refractivity contribution is 7.98. The van der Waals surface area contributed by atoms with E-state index < -0.39 is 5.97 Å². The number of benzene rings is 3. The number of ether oxygens (including phenoxy) is 2. The topological polar surface area (TPSA) is 94.8 Å². The first kappa shape index (κ1) is 24.3. The highest BCUT2D eigenvalue weighted by Gasteiger charge is 2.17. The van der Waals surface area contributed by atoms with E-state index >= 15 is 0 Å². The van der Waals surface area contributed by atoms with E-state index in [2.05, 4.69) is 10.1 Å². The van der Waals surface area contributed by atoms with Gasteiger partial charge in [0.15, 0.2) is 12.4 Å². The van der Waals surface area contributed by atoms with Crippen LogP contribution in [0.2, 0.25) is 0 Å². The number of carbonyl (C=O) groups is 2. The van der Waals surface area contributed by atoms with Crippen molar-refractivity contribution < 1.29 is 23.6 Å². The van der Waals surface area contributed by atoms with E-state index in [-0.39, 0.29) is 12.5 Å². The molecule has 35 heavy (non-hydrogen) atoms. The number of carbonyl (C=O) groups excluding carboxylic acids is 2. The zero-order valence-electron chi connectivity index (χ0n) is 19.7. The van der Waals surface area contributed by atoms with Crippen molar-refractivity contribution in [2.75, 3.05) is 20.8 Å². The van der Waals surface area contributed by atoms with Crippen molar-refractivity contribution in [2.45, 2.75) is 24.1 Å². The third kappa shape index (κ3) is 6.19. The van der Waals surface area contributed by atoms with Gasteiger partial charge in [0.1, 0.15) is 5.75 Å². The number of nitrogens with zero attached hydrogens (tertiary/aromatic N) is 3. The Morgan fingerprint density at radius 2 is 1.83 bits per heavy atom. The van der Waals surface area contributed by atoms with Crippen LogP contribution in [0.3, 0.4) is 0 Å². The molecule has 180 valence electrons. The van der Waals surface area contributed by atoms with Crippen molar-refractivity contribution in [3.63, 3.8) is 0 Å². The lowest BCUT2D eigenvalue weighted by molar-refractivity contribution is -0.133. The Hall–Kier alpha value is -3.85. The Balaban J connectivity index is 1.33. The highest BCUT2D eigenvalue weighted by Crippen LogP contribution is 2.26. The fraction of sp³-hybridized carbons (Fsp3) is 0.231. The standard InChI is InChI=1S/C26H25N3O5S/c1-17-27-24(34-28-17)16-35-23-7-5-4-6-22(23)26(31)33-15-25(30)29(2)14-18-8-9-20-13-21(32-3)11-10-19(20)12-18/h4-13H,14-16H2,1-3H3. The van der Waals surface area contributed by atoms with E-state index in [9.17, 15) is 9.59 Å². The molecule has 0 aliphatic rings. The largest absolute Gasteiger partial charge is 0.497 e. The van der Waals surface area contributed by atoms with Crippen molar-refractivity contribution >= 4 is 34.4 Å². The summed E-state index contributed by atoms with van der Waals surface area (Å²) in [5, 5.41) is 5.88. The molecule has 0 aliphatic heterocycles. The molecule has 1 aromatic heterocycles. The van der Waals surface area contributed by atoms with E-state index in [1.807, 2.05) is 48.5 Å². The van der Waals surface area contributed by atoms with Gasteiger partial charge in [0.05, 0.1) is 18.4 Å². The summed E-state index contributed by atoms with van der Waals surface area (Å²) < 4.78 is 15.7. The van der Waals surface area contributed by atoms with E-state index in [1.165, 1.54) is 16.7 Å². The van der Waals surface area contributed by atoms with Crippen LogP contribution in [0, 0.1) is 6.92 Å². The van der Waals surface area contributed by atoms with E-state index in [1.54, 1.807) is 33.2 Å². The molecule has 0 aliphatic carbocycles. The van der Waals surface area contributed by atoms with Crippen molar-refractivity contribution in [3.05, 3.63) is 83.5 Å². The van der Waals surface area contributed by atoms with Gasteiger partial charge in [0.25, 0.3) is 5.91 Å². The van der Waals surface area contributed by atoms with Gasteiger partial charge in [0.2, 0.25) is 5.89 Å². The second kappa shape index (κ2) is 11.1. The summed E-state index contributed by atoms with van der Waals surface area (Å²) in [6, 6.07) is 18.9. The van der Waals surface area contributed by atoms with Crippen LogP contribution < -0.4 is 4.74 Å². The lowest BCUT2D eigenvalue weighted by Gasteiger charge is -2.18. The van der Waals surface area contributed by atoms with Crippen molar-refractivity contribution in [1.82, 2.24) is 15.0 Å². The van der Waals surface area contributed by atoms with Gasteiger partial charge >= 0.3 is 5.97 Å². The van der Waals surface area contributed by atoms with Gasteiger partial charge in [0, 0.05) is 18.5 Å². The number of hydrogen-bond donors (Lipinski definition) is 0. The molecule has 1 amide bonds. The SMILES string of the molecule is COc1ccc2cc(CN(C)C(=O)COC(=O)c3ccccc3SCc3nc(C)no3)ccc2c1. The van der Waals surface area contributed by atoms with Crippen LogP contribution in [0.4, 0.5) is 0 Å². The number of aromatic nitrogens is 2. The summed E-state index contributed by atoms with van der Waals surface area (Å²) in [4.78, 5) is 31.7. The fourth-order valence-electron chi connectivity index (χ4n) is 3.48. The van der Waals surface area contributed by atoms with Crippen LogP contribution in [0.15, 0.2) is 70.1 Å². The summed E-state index contributed by atoms with van der Waals surface area (Å²) in [6.45, 7) is 1.80. The Kier molecular flexibility index (Phi) is 7.67. The molecule has 4 rings (SSSR count). The lowest BCUT2D eigenvalue weighted by Crippen LogP contribution is -2.30. The molecule has 8 nitrogen and oxygen atoms in total. The number of thioether (sulfide) groups is 1. The number of methoxy groups -OCH3 is 1. The Morgan fingerprint density at radius 3 is 2.60 bits per heavy atom. The van der Waals surface area contributed by atoms with Crippen LogP contribution in [0.25, 0.3) is 10.8 Å². The summed E-state index contributed by atoms with van der Waals surface area (Å²) in [6.07, 6.45) is 0. The minimum atomic E-state index is -0.559. The van der Waals surface area contributed by atoms with Crippen molar-refractivity contribution in [1.29, 1.82) is 0 Å². The molecular weight excluding hydrogens is 466 g/mol. The molecule has 0 unspecified atom stereocenters. The molecule has 0 saturated heterocycles. The van der Waals surface area contributed by atoms with E-state index in [4.69, 9.17) is 14.0 Å². The van der Waals surface area contributed by atoms with Gasteiger partial charge in [-0.05, 0) is 53.6 Å². The molecule has 1 heterocycles. The molecule has 0 fully saturated rings. The monoisotopic (exact) mass is 491 g/mol. The number of amides is 1. The molecule has 4 aromatic rings. The third-order valence-electron chi connectivity index (χ3n) is 5.31. The number of aryl methyl sites for hydroxylation is 1. The second-order valence-electron chi connectivity index (χ2n) is 7.89. The molecular formula is C26H25N3O5S. The number of esters is 1. The van der Waals surface area contributed by atoms with Crippen molar-refractivity contribution in [3.8, 4) is 5.75 Å². The minimum absolute atomic E-state index is 0.292.